The molecular formula is C14H13F3N4. The van der Waals surface area contributed by atoms with E-state index in [1.807, 2.05) is 13.8 Å². The molecule has 0 aliphatic carbocycles. The average molecular weight is 294 g/mol. The van der Waals surface area contributed by atoms with E-state index in [-0.39, 0.29) is 11.6 Å². The summed E-state index contributed by atoms with van der Waals surface area (Å²) >= 11 is 0. The Morgan fingerprint density at radius 2 is 2.05 bits per heavy atom. The SMILES string of the molecule is CC(C)n1cc(Nc2ccc(C(F)(F)F)cc2C#N)cn1. The summed E-state index contributed by atoms with van der Waals surface area (Å²) in [5.41, 5.74) is 0.0124. The summed E-state index contributed by atoms with van der Waals surface area (Å²) in [4.78, 5) is 0. The minimum Gasteiger partial charge on any atom is -0.352 e. The third kappa shape index (κ3) is 3.34. The molecule has 110 valence electrons. The molecule has 1 N–H and O–H groups in total. The van der Waals surface area contributed by atoms with Gasteiger partial charge in [0.2, 0.25) is 0 Å². The molecule has 7 heteroatoms. The van der Waals surface area contributed by atoms with Crippen LogP contribution in [-0.4, -0.2) is 9.78 Å². The van der Waals surface area contributed by atoms with E-state index in [2.05, 4.69) is 10.4 Å². The smallest absolute Gasteiger partial charge is 0.352 e. The Morgan fingerprint density at radius 1 is 1.33 bits per heavy atom. The van der Waals surface area contributed by atoms with Crippen molar-refractivity contribution in [1.29, 1.82) is 5.26 Å². The molecule has 21 heavy (non-hydrogen) atoms. The lowest BCUT2D eigenvalue weighted by molar-refractivity contribution is -0.137. The zero-order valence-electron chi connectivity index (χ0n) is 11.4. The largest absolute Gasteiger partial charge is 0.416 e. The normalized spacial score (nSPS) is 11.5. The van der Waals surface area contributed by atoms with Crippen molar-refractivity contribution in [3.05, 3.63) is 41.7 Å². The molecule has 0 atom stereocenters. The molecule has 0 spiro atoms. The summed E-state index contributed by atoms with van der Waals surface area (Å²) < 4.78 is 39.5. The van der Waals surface area contributed by atoms with Crippen LogP contribution in [0.25, 0.3) is 0 Å². The number of rotatable bonds is 3. The molecule has 0 fully saturated rings. The molecule has 0 saturated heterocycles. The fraction of sp³-hybridized carbons (Fsp3) is 0.286. The van der Waals surface area contributed by atoms with Crippen LogP contribution in [0.15, 0.2) is 30.6 Å². The van der Waals surface area contributed by atoms with Gasteiger partial charge in [-0.3, -0.25) is 4.68 Å². The first-order valence-electron chi connectivity index (χ1n) is 6.24. The molecule has 1 heterocycles. The molecule has 1 aromatic heterocycles. The van der Waals surface area contributed by atoms with E-state index >= 15 is 0 Å². The van der Waals surface area contributed by atoms with Crippen molar-refractivity contribution in [2.75, 3.05) is 5.32 Å². The van der Waals surface area contributed by atoms with Gasteiger partial charge < -0.3 is 5.32 Å². The fourth-order valence-electron chi connectivity index (χ4n) is 1.76. The molecule has 0 amide bonds. The third-order valence-electron chi connectivity index (χ3n) is 2.88. The maximum Gasteiger partial charge on any atom is 0.416 e. The molecule has 0 unspecified atom stereocenters. The Balaban J connectivity index is 2.30. The van der Waals surface area contributed by atoms with Crippen molar-refractivity contribution in [2.45, 2.75) is 26.1 Å². The van der Waals surface area contributed by atoms with E-state index in [4.69, 9.17) is 5.26 Å². The van der Waals surface area contributed by atoms with Gasteiger partial charge in [0.15, 0.2) is 0 Å². The van der Waals surface area contributed by atoms with Crippen LogP contribution in [0.3, 0.4) is 0 Å². The number of nitriles is 1. The first-order chi connectivity index (χ1) is 9.81. The number of nitrogens with zero attached hydrogens (tertiary/aromatic N) is 3. The Morgan fingerprint density at radius 3 is 2.57 bits per heavy atom. The average Bonchev–Trinajstić information content (AvgIpc) is 2.86. The maximum absolute atomic E-state index is 12.6. The summed E-state index contributed by atoms with van der Waals surface area (Å²) in [5.74, 6) is 0. The number of alkyl halides is 3. The van der Waals surface area contributed by atoms with Crippen molar-refractivity contribution < 1.29 is 13.2 Å². The molecule has 0 saturated carbocycles. The molecule has 0 aliphatic rings. The van der Waals surface area contributed by atoms with Crippen LogP contribution in [0.4, 0.5) is 24.5 Å². The highest BCUT2D eigenvalue weighted by atomic mass is 19.4. The molecule has 2 rings (SSSR count). The summed E-state index contributed by atoms with van der Waals surface area (Å²) in [6, 6.07) is 4.95. The zero-order chi connectivity index (χ0) is 15.6. The monoisotopic (exact) mass is 294 g/mol. The third-order valence-corrected chi connectivity index (χ3v) is 2.88. The van der Waals surface area contributed by atoms with Gasteiger partial charge in [-0.1, -0.05) is 0 Å². The highest BCUT2D eigenvalue weighted by Crippen LogP contribution is 2.32. The molecular weight excluding hydrogens is 281 g/mol. The van der Waals surface area contributed by atoms with Gasteiger partial charge in [0.05, 0.1) is 28.7 Å². The Kier molecular flexibility index (Phi) is 3.89. The van der Waals surface area contributed by atoms with E-state index in [9.17, 15) is 13.2 Å². The number of nitrogens with one attached hydrogen (secondary N) is 1. The summed E-state index contributed by atoms with van der Waals surface area (Å²) in [6.07, 6.45) is -1.19. The van der Waals surface area contributed by atoms with Gasteiger partial charge in [0.25, 0.3) is 0 Å². The first kappa shape index (κ1) is 14.9. The Bertz CT molecular complexity index is 680. The molecule has 1 aromatic carbocycles. The maximum atomic E-state index is 12.6. The zero-order valence-corrected chi connectivity index (χ0v) is 11.4. The second-order valence-electron chi connectivity index (χ2n) is 4.80. The van der Waals surface area contributed by atoms with Crippen LogP contribution < -0.4 is 5.32 Å². The van der Waals surface area contributed by atoms with Gasteiger partial charge in [0.1, 0.15) is 6.07 Å². The van der Waals surface area contributed by atoms with E-state index in [0.29, 0.717) is 11.4 Å². The second kappa shape index (κ2) is 5.48. The molecule has 4 nitrogen and oxygen atoms in total. The predicted octanol–water partition coefficient (Wildman–Crippen LogP) is 4.10. The van der Waals surface area contributed by atoms with Gasteiger partial charge in [-0.25, -0.2) is 0 Å². The number of anilines is 2. The quantitative estimate of drug-likeness (QED) is 0.927. The summed E-state index contributed by atoms with van der Waals surface area (Å²) in [5, 5.41) is 16.0. The van der Waals surface area contributed by atoms with Crippen molar-refractivity contribution in [2.24, 2.45) is 0 Å². The van der Waals surface area contributed by atoms with Gasteiger partial charge in [-0.2, -0.15) is 23.5 Å². The lowest BCUT2D eigenvalue weighted by atomic mass is 10.1. The minimum atomic E-state index is -4.47. The van der Waals surface area contributed by atoms with Gasteiger partial charge >= 0.3 is 6.18 Å². The van der Waals surface area contributed by atoms with Gasteiger partial charge in [-0.15, -0.1) is 0 Å². The van der Waals surface area contributed by atoms with Crippen LogP contribution in [0.5, 0.6) is 0 Å². The Labute approximate surface area is 119 Å². The molecule has 0 bridgehead atoms. The van der Waals surface area contributed by atoms with Crippen LogP contribution in [0, 0.1) is 11.3 Å². The number of hydrogen-bond donors (Lipinski definition) is 1. The Hall–Kier alpha value is -2.49. The highest BCUT2D eigenvalue weighted by molar-refractivity contribution is 5.66. The first-order valence-corrected chi connectivity index (χ1v) is 6.24. The lowest BCUT2D eigenvalue weighted by Crippen LogP contribution is -2.06. The van der Waals surface area contributed by atoms with Crippen molar-refractivity contribution in [3.8, 4) is 6.07 Å². The highest BCUT2D eigenvalue weighted by Gasteiger charge is 2.31. The standard InChI is InChI=1S/C14H13F3N4/c1-9(2)21-8-12(7-19-21)20-13-4-3-11(14(15,16)17)5-10(13)6-18/h3-5,7-9,20H,1-2H3. The number of hydrogen-bond acceptors (Lipinski definition) is 3. The number of benzene rings is 1. The van der Waals surface area contributed by atoms with Crippen LogP contribution in [0.1, 0.15) is 31.0 Å². The number of halogens is 3. The fourth-order valence-corrected chi connectivity index (χ4v) is 1.76. The van der Waals surface area contributed by atoms with E-state index < -0.39 is 11.7 Å². The number of aromatic nitrogens is 2. The molecule has 2 aromatic rings. The van der Waals surface area contributed by atoms with Crippen LogP contribution >= 0.6 is 0 Å². The van der Waals surface area contributed by atoms with Crippen molar-refractivity contribution in [1.82, 2.24) is 9.78 Å². The van der Waals surface area contributed by atoms with E-state index in [1.54, 1.807) is 23.1 Å². The van der Waals surface area contributed by atoms with Crippen molar-refractivity contribution >= 4 is 11.4 Å². The lowest BCUT2D eigenvalue weighted by Gasteiger charge is -2.10. The molecule has 0 aliphatic heterocycles. The van der Waals surface area contributed by atoms with E-state index in [1.165, 1.54) is 6.07 Å². The van der Waals surface area contributed by atoms with E-state index in [0.717, 1.165) is 12.1 Å². The predicted molar refractivity (Wildman–Crippen MR) is 72.1 cm³/mol. The van der Waals surface area contributed by atoms with Gasteiger partial charge in [0, 0.05) is 12.2 Å². The topological polar surface area (TPSA) is 53.6 Å². The summed E-state index contributed by atoms with van der Waals surface area (Å²) in [6.45, 7) is 3.91. The van der Waals surface area contributed by atoms with Crippen molar-refractivity contribution in [3.63, 3.8) is 0 Å². The van der Waals surface area contributed by atoms with Crippen LogP contribution in [0.2, 0.25) is 0 Å². The van der Waals surface area contributed by atoms with Gasteiger partial charge in [-0.05, 0) is 32.0 Å². The minimum absolute atomic E-state index is 0.0675. The molecule has 0 radical (unpaired) electrons. The second-order valence-corrected chi connectivity index (χ2v) is 4.80. The van der Waals surface area contributed by atoms with Crippen LogP contribution in [-0.2, 0) is 6.18 Å². The summed E-state index contributed by atoms with van der Waals surface area (Å²) in [7, 11) is 0.